The van der Waals surface area contributed by atoms with E-state index < -0.39 is 22.0 Å². The Labute approximate surface area is 201 Å². The van der Waals surface area contributed by atoms with Crippen LogP contribution in [0.2, 0.25) is 5.02 Å². The van der Waals surface area contributed by atoms with Crippen molar-refractivity contribution in [3.8, 4) is 5.75 Å². The zero-order chi connectivity index (χ0) is 23.6. The van der Waals surface area contributed by atoms with Crippen LogP contribution in [0.1, 0.15) is 12.8 Å². The van der Waals surface area contributed by atoms with Crippen molar-refractivity contribution in [2.75, 3.05) is 27.4 Å². The molecule has 8 nitrogen and oxygen atoms in total. The van der Waals surface area contributed by atoms with Gasteiger partial charge in [-0.15, -0.1) is 0 Å². The average molecular weight is 510 g/mol. The second kappa shape index (κ2) is 9.94. The first-order valence-corrected chi connectivity index (χ1v) is 13.0. The number of amides is 1. The van der Waals surface area contributed by atoms with Gasteiger partial charge in [-0.05, 0) is 55.3 Å². The monoisotopic (exact) mass is 509 g/mol. The Morgan fingerprint density at radius 2 is 1.97 bits per heavy atom. The molecule has 1 atom stereocenters. The number of hydrogen-bond acceptors (Lipinski definition) is 6. The Kier molecular flexibility index (Phi) is 7.20. The lowest BCUT2D eigenvalue weighted by Gasteiger charge is -2.21. The fraction of sp³-hybridized carbons (Fsp3) is 0.364. The van der Waals surface area contributed by atoms with Gasteiger partial charge < -0.3 is 14.0 Å². The molecule has 0 radical (unpaired) electrons. The molecule has 0 bridgehead atoms. The predicted molar refractivity (Wildman–Crippen MR) is 127 cm³/mol. The molecular weight excluding hydrogens is 486 g/mol. The molecule has 33 heavy (non-hydrogen) atoms. The maximum Gasteiger partial charge on any atom is 0.266 e. The molecule has 3 aromatic rings. The van der Waals surface area contributed by atoms with Gasteiger partial charge >= 0.3 is 0 Å². The average Bonchev–Trinajstić information content (AvgIpc) is 3.43. The third-order valence-electron chi connectivity index (χ3n) is 5.52. The molecule has 1 amide bonds. The molecule has 1 fully saturated rings. The van der Waals surface area contributed by atoms with E-state index in [2.05, 4.69) is 4.99 Å². The summed E-state index contributed by atoms with van der Waals surface area (Å²) in [5.41, 5.74) is 0.904. The number of hydrogen-bond donors (Lipinski definition) is 0. The summed E-state index contributed by atoms with van der Waals surface area (Å²) in [4.78, 5) is 18.2. The number of sulfonamides is 1. The van der Waals surface area contributed by atoms with E-state index in [0.29, 0.717) is 41.6 Å². The molecule has 0 saturated carbocycles. The number of rotatable bonds is 7. The number of carbonyl (C=O) groups excluding carboxylic acids is 1. The molecule has 1 aliphatic heterocycles. The number of benzene rings is 2. The molecule has 0 spiro atoms. The first kappa shape index (κ1) is 23.9. The largest absolute Gasteiger partial charge is 0.497 e. The zero-order valence-corrected chi connectivity index (χ0v) is 20.6. The predicted octanol–water partition coefficient (Wildman–Crippen LogP) is 3.29. The standard InChI is InChI=1S/C22H24ClN3O5S2/c1-30-13-12-25-18-10-7-16(31-2)14-20(18)32-22(25)24-21(27)19-4-3-11-26(19)33(28,29)17-8-5-15(23)6-9-17/h5-10,14,19H,3-4,11-13H2,1-2H3. The normalized spacial score (nSPS) is 17.7. The van der Waals surface area contributed by atoms with E-state index in [4.69, 9.17) is 21.1 Å². The Balaban J connectivity index is 1.71. The molecule has 176 valence electrons. The quantitative estimate of drug-likeness (QED) is 0.487. The second-order valence-corrected chi connectivity index (χ2v) is 10.9. The van der Waals surface area contributed by atoms with Gasteiger partial charge in [-0.2, -0.15) is 9.30 Å². The van der Waals surface area contributed by atoms with Gasteiger partial charge in [0.25, 0.3) is 5.91 Å². The fourth-order valence-electron chi connectivity index (χ4n) is 3.85. The third-order valence-corrected chi connectivity index (χ3v) is 8.74. The first-order valence-electron chi connectivity index (χ1n) is 10.4. The summed E-state index contributed by atoms with van der Waals surface area (Å²) < 4.78 is 41.0. The van der Waals surface area contributed by atoms with Gasteiger partial charge in [0, 0.05) is 25.2 Å². The molecule has 1 aromatic heterocycles. The molecule has 0 N–H and O–H groups in total. The highest BCUT2D eigenvalue weighted by molar-refractivity contribution is 7.89. The van der Waals surface area contributed by atoms with Crippen LogP contribution < -0.4 is 9.54 Å². The van der Waals surface area contributed by atoms with E-state index in [0.717, 1.165) is 10.2 Å². The lowest BCUT2D eigenvalue weighted by atomic mass is 10.2. The van der Waals surface area contributed by atoms with Gasteiger partial charge in [0.15, 0.2) is 4.80 Å². The molecule has 4 rings (SSSR count). The van der Waals surface area contributed by atoms with Crippen LogP contribution in [0, 0.1) is 0 Å². The number of ether oxygens (including phenoxy) is 2. The van der Waals surface area contributed by atoms with Crippen molar-refractivity contribution < 1.29 is 22.7 Å². The van der Waals surface area contributed by atoms with Crippen LogP contribution in [0.15, 0.2) is 52.4 Å². The molecule has 2 aromatic carbocycles. The van der Waals surface area contributed by atoms with E-state index >= 15 is 0 Å². The number of carbonyl (C=O) groups is 1. The van der Waals surface area contributed by atoms with E-state index in [1.807, 2.05) is 22.8 Å². The molecule has 0 aliphatic carbocycles. The van der Waals surface area contributed by atoms with E-state index in [1.54, 1.807) is 14.2 Å². The van der Waals surface area contributed by atoms with Gasteiger partial charge in [-0.25, -0.2) is 8.42 Å². The van der Waals surface area contributed by atoms with Crippen LogP contribution in [-0.2, 0) is 26.1 Å². The van der Waals surface area contributed by atoms with Crippen LogP contribution >= 0.6 is 22.9 Å². The molecule has 1 aliphatic rings. The van der Waals surface area contributed by atoms with Crippen LogP contribution in [0.4, 0.5) is 0 Å². The summed E-state index contributed by atoms with van der Waals surface area (Å²) in [6, 6.07) is 10.8. The Hall–Kier alpha value is -2.24. The lowest BCUT2D eigenvalue weighted by Crippen LogP contribution is -2.40. The molecule has 1 unspecified atom stereocenters. The summed E-state index contributed by atoms with van der Waals surface area (Å²) in [5, 5.41) is 0.444. The van der Waals surface area contributed by atoms with Crippen molar-refractivity contribution in [1.82, 2.24) is 8.87 Å². The number of halogens is 1. The van der Waals surface area contributed by atoms with Crippen LogP contribution in [0.3, 0.4) is 0 Å². The highest BCUT2D eigenvalue weighted by Crippen LogP contribution is 2.28. The summed E-state index contributed by atoms with van der Waals surface area (Å²) in [6.07, 6.45) is 1.01. The second-order valence-electron chi connectivity index (χ2n) is 7.54. The van der Waals surface area contributed by atoms with Crippen molar-refractivity contribution in [2.45, 2.75) is 30.3 Å². The van der Waals surface area contributed by atoms with Crippen LogP contribution in [-0.4, -0.2) is 56.6 Å². The first-order chi connectivity index (χ1) is 15.8. The molecular formula is C22H24ClN3O5S2. The highest BCUT2D eigenvalue weighted by Gasteiger charge is 2.39. The summed E-state index contributed by atoms with van der Waals surface area (Å²) in [5.74, 6) is 0.228. The Morgan fingerprint density at radius 1 is 1.21 bits per heavy atom. The minimum absolute atomic E-state index is 0.107. The van der Waals surface area contributed by atoms with Gasteiger partial charge in [0.2, 0.25) is 10.0 Å². The third kappa shape index (κ3) is 4.85. The zero-order valence-electron chi connectivity index (χ0n) is 18.2. The minimum atomic E-state index is -3.85. The number of nitrogens with zero attached hydrogens (tertiary/aromatic N) is 3. The molecule has 1 saturated heterocycles. The number of methoxy groups -OCH3 is 2. The lowest BCUT2D eigenvalue weighted by molar-refractivity contribution is -0.121. The van der Waals surface area contributed by atoms with Crippen molar-refractivity contribution >= 4 is 49.1 Å². The smallest absolute Gasteiger partial charge is 0.266 e. The van der Waals surface area contributed by atoms with E-state index in [9.17, 15) is 13.2 Å². The Bertz CT molecular complexity index is 1330. The summed E-state index contributed by atoms with van der Waals surface area (Å²) in [7, 11) is -0.641. The molecule has 2 heterocycles. The summed E-state index contributed by atoms with van der Waals surface area (Å²) >= 11 is 7.25. The summed E-state index contributed by atoms with van der Waals surface area (Å²) in [6.45, 7) is 1.22. The number of aromatic nitrogens is 1. The van der Waals surface area contributed by atoms with Crippen LogP contribution in [0.5, 0.6) is 5.75 Å². The fourth-order valence-corrected chi connectivity index (χ4v) is 6.72. The van der Waals surface area contributed by atoms with Crippen molar-refractivity contribution in [3.05, 3.63) is 52.3 Å². The van der Waals surface area contributed by atoms with Crippen molar-refractivity contribution in [3.63, 3.8) is 0 Å². The number of fused-ring (bicyclic) bond motifs is 1. The highest BCUT2D eigenvalue weighted by atomic mass is 35.5. The number of thiazole rings is 1. The van der Waals surface area contributed by atoms with Gasteiger partial charge in [-0.3, -0.25) is 4.79 Å². The SMILES string of the molecule is COCCn1c(=NC(=O)C2CCCN2S(=O)(=O)c2ccc(Cl)cc2)sc2cc(OC)ccc21. The van der Waals surface area contributed by atoms with Gasteiger partial charge in [0.1, 0.15) is 11.8 Å². The minimum Gasteiger partial charge on any atom is -0.497 e. The maximum absolute atomic E-state index is 13.2. The topological polar surface area (TPSA) is 90.2 Å². The van der Waals surface area contributed by atoms with Crippen molar-refractivity contribution in [2.24, 2.45) is 4.99 Å². The van der Waals surface area contributed by atoms with Crippen molar-refractivity contribution in [1.29, 1.82) is 0 Å². The van der Waals surface area contributed by atoms with Gasteiger partial charge in [-0.1, -0.05) is 22.9 Å². The maximum atomic E-state index is 13.2. The molecule has 11 heteroatoms. The van der Waals surface area contributed by atoms with E-state index in [-0.39, 0.29) is 11.4 Å². The van der Waals surface area contributed by atoms with Crippen LogP contribution in [0.25, 0.3) is 10.2 Å². The van der Waals surface area contributed by atoms with E-state index in [1.165, 1.54) is 39.9 Å². The Morgan fingerprint density at radius 3 is 2.67 bits per heavy atom. The van der Waals surface area contributed by atoms with Gasteiger partial charge in [0.05, 0.1) is 28.8 Å².